The molecule has 7 heteroatoms. The summed E-state index contributed by atoms with van der Waals surface area (Å²) in [5.41, 5.74) is 0.203. The van der Waals surface area contributed by atoms with Crippen molar-refractivity contribution in [1.29, 1.82) is 0 Å². The summed E-state index contributed by atoms with van der Waals surface area (Å²) in [5.74, 6) is -0.161. The maximum Gasteiger partial charge on any atom is 0.490 e. The number of likely N-dealkylation sites (N-methyl/N-ethyl adjacent to an activating group) is 1. The molecule has 0 aromatic rings. The Labute approximate surface area is 149 Å². The monoisotopic (exact) mass is 352 g/mol. The smallest absolute Gasteiger partial charge is 0.400 e. The van der Waals surface area contributed by atoms with Gasteiger partial charge in [0.05, 0.1) is 16.8 Å². The zero-order valence-corrected chi connectivity index (χ0v) is 16.1. The molecule has 0 aromatic heterocycles. The Hall–Kier alpha value is -1.11. The topological polar surface area (TPSA) is 51.1 Å². The Balaban J connectivity index is 2.27. The third-order valence-electron chi connectivity index (χ3n) is 5.00. The van der Waals surface area contributed by atoms with Gasteiger partial charge < -0.3 is 14.2 Å². The fourth-order valence-corrected chi connectivity index (χ4v) is 2.57. The van der Waals surface area contributed by atoms with Gasteiger partial charge >= 0.3 is 7.12 Å². The average Bonchev–Trinajstić information content (AvgIpc) is 3.30. The number of rotatable bonds is 5. The summed E-state index contributed by atoms with van der Waals surface area (Å²) in [4.78, 5) is 18.1. The molecule has 0 bridgehead atoms. The van der Waals surface area contributed by atoms with Crippen molar-refractivity contribution in [2.45, 2.75) is 64.7 Å². The van der Waals surface area contributed by atoms with Gasteiger partial charge in [-0.2, -0.15) is 0 Å². The molecule has 132 valence electrons. The van der Waals surface area contributed by atoms with Gasteiger partial charge in [0.1, 0.15) is 5.16 Å². The number of hydrogen-bond donors (Lipinski definition) is 0. The third-order valence-corrected chi connectivity index (χ3v) is 5.33. The lowest BCUT2D eigenvalue weighted by atomic mass is 9.78. The number of aliphatic imine (C=N–C) groups is 1. The minimum Gasteiger partial charge on any atom is -0.400 e. The Morgan fingerprint density at radius 1 is 1.29 bits per heavy atom. The lowest BCUT2D eigenvalue weighted by molar-refractivity contribution is -0.126. The predicted octanol–water partition coefficient (Wildman–Crippen LogP) is 3.34. The van der Waals surface area contributed by atoms with E-state index in [1.807, 2.05) is 34.6 Å². The normalized spacial score (nSPS) is 23.8. The van der Waals surface area contributed by atoms with Crippen LogP contribution in [0.3, 0.4) is 0 Å². The van der Waals surface area contributed by atoms with Crippen molar-refractivity contribution in [2.75, 3.05) is 7.05 Å². The van der Waals surface area contributed by atoms with Gasteiger partial charge in [-0.05, 0) is 59.7 Å². The summed E-state index contributed by atoms with van der Waals surface area (Å²) in [6, 6.07) is 0.285. The fourth-order valence-electron chi connectivity index (χ4n) is 2.44. The van der Waals surface area contributed by atoms with Crippen molar-refractivity contribution in [3.05, 3.63) is 22.3 Å². The summed E-state index contributed by atoms with van der Waals surface area (Å²) in [7, 11) is 1.25. The second kappa shape index (κ2) is 6.66. The van der Waals surface area contributed by atoms with Gasteiger partial charge in [0.15, 0.2) is 0 Å². The number of halogens is 1. The molecule has 2 aliphatic rings. The van der Waals surface area contributed by atoms with Crippen molar-refractivity contribution in [1.82, 2.24) is 4.90 Å². The van der Waals surface area contributed by atoms with Crippen LogP contribution in [-0.4, -0.2) is 48.9 Å². The molecular weight excluding hydrogens is 326 g/mol. The first kappa shape index (κ1) is 19.2. The van der Waals surface area contributed by atoms with Crippen LogP contribution in [-0.2, 0) is 14.1 Å². The van der Waals surface area contributed by atoms with Crippen LogP contribution < -0.4 is 0 Å². The van der Waals surface area contributed by atoms with Crippen molar-refractivity contribution >= 4 is 31.3 Å². The average molecular weight is 353 g/mol. The highest BCUT2D eigenvalue weighted by molar-refractivity contribution is 6.54. The lowest BCUT2D eigenvalue weighted by Crippen LogP contribution is -2.41. The Bertz CT molecular complexity index is 593. The van der Waals surface area contributed by atoms with Gasteiger partial charge in [-0.3, -0.25) is 9.79 Å². The SMILES string of the molecule is C=N/C(Cl)=C(\C=C(/C)B1OC(C)(C)C(C)(C)O1)C(=O)N(C)C1CC1. The maximum atomic E-state index is 12.7. The van der Waals surface area contributed by atoms with Gasteiger partial charge in [0, 0.05) is 13.1 Å². The van der Waals surface area contributed by atoms with Crippen LogP contribution in [0.15, 0.2) is 27.3 Å². The molecule has 0 aromatic carbocycles. The first-order chi connectivity index (χ1) is 11.0. The molecule has 0 atom stereocenters. The van der Waals surface area contributed by atoms with Gasteiger partial charge in [-0.1, -0.05) is 17.7 Å². The number of hydrogen-bond acceptors (Lipinski definition) is 4. The first-order valence-corrected chi connectivity index (χ1v) is 8.55. The summed E-state index contributed by atoms with van der Waals surface area (Å²) >= 11 is 6.13. The van der Waals surface area contributed by atoms with Gasteiger partial charge in [-0.15, -0.1) is 0 Å². The van der Waals surface area contributed by atoms with Crippen molar-refractivity contribution in [2.24, 2.45) is 4.99 Å². The molecule has 0 N–H and O–H groups in total. The maximum absolute atomic E-state index is 12.7. The van der Waals surface area contributed by atoms with Crippen LogP contribution in [0.4, 0.5) is 0 Å². The molecule has 1 amide bonds. The molecule has 2 rings (SSSR count). The summed E-state index contributed by atoms with van der Waals surface area (Å²) < 4.78 is 12.0. The summed E-state index contributed by atoms with van der Waals surface area (Å²) in [5, 5.41) is 0.0865. The van der Waals surface area contributed by atoms with E-state index in [0.29, 0.717) is 5.57 Å². The Kier molecular flexibility index (Phi) is 5.33. The number of carbonyl (C=O) groups excluding carboxylic acids is 1. The van der Waals surface area contributed by atoms with E-state index in [2.05, 4.69) is 11.7 Å². The van der Waals surface area contributed by atoms with Gasteiger partial charge in [-0.25, -0.2) is 0 Å². The number of amides is 1. The van der Waals surface area contributed by atoms with E-state index in [9.17, 15) is 4.79 Å². The van der Waals surface area contributed by atoms with Crippen molar-refractivity contribution in [3.63, 3.8) is 0 Å². The number of nitrogens with zero attached hydrogens (tertiary/aromatic N) is 2. The van der Waals surface area contributed by atoms with Crippen LogP contribution in [0, 0.1) is 0 Å². The third kappa shape index (κ3) is 3.76. The molecule has 1 saturated carbocycles. The molecule has 5 nitrogen and oxygen atoms in total. The second-order valence-electron chi connectivity index (χ2n) is 7.49. The highest BCUT2D eigenvalue weighted by Gasteiger charge is 2.51. The molecule has 2 fully saturated rings. The zero-order chi connectivity index (χ0) is 18.3. The van der Waals surface area contributed by atoms with Gasteiger partial charge in [0.2, 0.25) is 0 Å². The standard InChI is InChI=1S/C17H26BClN2O3/c1-11(18-23-16(2,3)17(4,5)24-18)10-13(14(19)20-6)15(22)21(7)12-8-9-12/h10,12H,6,8-9H2,1-5,7H3/b11-10+,14-13+. The minimum atomic E-state index is -0.529. The van der Waals surface area contributed by atoms with E-state index in [4.69, 9.17) is 20.9 Å². The predicted molar refractivity (Wildman–Crippen MR) is 98.1 cm³/mol. The van der Waals surface area contributed by atoms with Crippen LogP contribution in [0.5, 0.6) is 0 Å². The van der Waals surface area contributed by atoms with Crippen molar-refractivity contribution < 1.29 is 14.1 Å². The van der Waals surface area contributed by atoms with E-state index in [1.54, 1.807) is 18.0 Å². The highest BCUT2D eigenvalue weighted by Crippen LogP contribution is 2.39. The van der Waals surface area contributed by atoms with Gasteiger partial charge in [0.25, 0.3) is 5.91 Å². The number of allylic oxidation sites excluding steroid dienone is 1. The van der Waals surface area contributed by atoms with E-state index in [0.717, 1.165) is 18.3 Å². The van der Waals surface area contributed by atoms with E-state index < -0.39 is 18.3 Å². The minimum absolute atomic E-state index is 0.0865. The van der Waals surface area contributed by atoms with E-state index in [-0.39, 0.29) is 17.1 Å². The lowest BCUT2D eigenvalue weighted by Gasteiger charge is -2.32. The fraction of sp³-hybridized carbons (Fsp3) is 0.647. The summed E-state index contributed by atoms with van der Waals surface area (Å²) in [6.45, 7) is 13.2. The Morgan fingerprint density at radius 2 is 1.79 bits per heavy atom. The van der Waals surface area contributed by atoms with Crippen molar-refractivity contribution in [3.8, 4) is 0 Å². The van der Waals surface area contributed by atoms with Crippen LogP contribution in [0.2, 0.25) is 0 Å². The Morgan fingerprint density at radius 3 is 2.21 bits per heavy atom. The number of carbonyl (C=O) groups is 1. The van der Waals surface area contributed by atoms with E-state index >= 15 is 0 Å². The zero-order valence-electron chi connectivity index (χ0n) is 15.4. The quantitative estimate of drug-likeness (QED) is 0.251. The molecule has 0 spiro atoms. The van der Waals surface area contributed by atoms with E-state index in [1.165, 1.54) is 0 Å². The van der Waals surface area contributed by atoms with Crippen LogP contribution in [0.25, 0.3) is 0 Å². The molecule has 1 aliphatic heterocycles. The molecular formula is C17H26BClN2O3. The first-order valence-electron chi connectivity index (χ1n) is 8.17. The molecule has 24 heavy (non-hydrogen) atoms. The molecule has 0 unspecified atom stereocenters. The summed E-state index contributed by atoms with van der Waals surface area (Å²) in [6.07, 6.45) is 3.74. The molecule has 1 saturated heterocycles. The molecule has 1 heterocycles. The largest absolute Gasteiger partial charge is 0.490 e. The second-order valence-corrected chi connectivity index (χ2v) is 7.84. The van der Waals surface area contributed by atoms with Crippen LogP contribution in [0.1, 0.15) is 47.5 Å². The van der Waals surface area contributed by atoms with Crippen LogP contribution >= 0.6 is 11.6 Å². The molecule has 0 radical (unpaired) electrons. The highest BCUT2D eigenvalue weighted by atomic mass is 35.5. The molecule has 1 aliphatic carbocycles.